The molecule has 5 rings (SSSR count). The maximum absolute atomic E-state index is 13.5. The van der Waals surface area contributed by atoms with Crippen molar-refractivity contribution in [1.82, 2.24) is 9.80 Å². The number of sulfonamides is 1. The minimum atomic E-state index is -3.48. The van der Waals surface area contributed by atoms with Crippen molar-refractivity contribution in [1.29, 1.82) is 0 Å². The Labute approximate surface area is 185 Å². The van der Waals surface area contributed by atoms with Crippen molar-refractivity contribution in [3.63, 3.8) is 0 Å². The number of carbonyl (C=O) groups is 2. The van der Waals surface area contributed by atoms with E-state index in [1.54, 1.807) is 51.2 Å². The smallest absolute Gasteiger partial charge is 0.265 e. The number of ether oxygens (including phenoxy) is 2. The Morgan fingerprint density at radius 3 is 2.66 bits per heavy atom. The monoisotopic (exact) mass is 458 g/mol. The van der Waals surface area contributed by atoms with Gasteiger partial charge in [-0.15, -0.1) is 4.40 Å². The second kappa shape index (κ2) is 8.06. The number of hydrogen-bond donors (Lipinski definition) is 0. The van der Waals surface area contributed by atoms with E-state index in [0.29, 0.717) is 43.3 Å². The number of anilines is 1. The van der Waals surface area contributed by atoms with Crippen molar-refractivity contribution in [2.45, 2.75) is 6.10 Å². The Kier molecular flexibility index (Phi) is 5.22. The summed E-state index contributed by atoms with van der Waals surface area (Å²) in [6.45, 7) is 2.23. The Balaban J connectivity index is 1.42. The summed E-state index contributed by atoms with van der Waals surface area (Å²) in [5, 5.41) is 0. The lowest BCUT2D eigenvalue weighted by Gasteiger charge is -2.37. The van der Waals surface area contributed by atoms with Gasteiger partial charge in [0.2, 0.25) is 0 Å². The third-order valence-corrected chi connectivity index (χ3v) is 6.85. The molecule has 4 aliphatic rings. The van der Waals surface area contributed by atoms with Gasteiger partial charge in [0.05, 0.1) is 36.8 Å². The first-order valence-electron chi connectivity index (χ1n) is 10.3. The highest BCUT2D eigenvalue weighted by Crippen LogP contribution is 2.35. The molecule has 1 aromatic carbocycles. The molecule has 0 bridgehead atoms. The summed E-state index contributed by atoms with van der Waals surface area (Å²) < 4.78 is 38.5. The standard InChI is InChI=1S/C21H22N4O6S/c26-20(15-5-6-19-22-32(28,29)12-9-24(19)13-15)25-14-18(21(27)23-7-10-30-11-8-23)31-17-4-2-1-3-16(17)25/h1-6,13,18H,7-12,14H2/t18-/m1/s1. The molecule has 1 atom stereocenters. The van der Waals surface area contributed by atoms with Crippen LogP contribution in [0, 0.1) is 0 Å². The maximum Gasteiger partial charge on any atom is 0.265 e. The molecule has 4 heterocycles. The average molecular weight is 458 g/mol. The van der Waals surface area contributed by atoms with Crippen molar-refractivity contribution in [2.24, 2.45) is 4.40 Å². The highest BCUT2D eigenvalue weighted by atomic mass is 32.2. The van der Waals surface area contributed by atoms with E-state index in [-0.39, 0.29) is 36.5 Å². The molecule has 0 radical (unpaired) electrons. The Morgan fingerprint density at radius 1 is 1.06 bits per heavy atom. The third kappa shape index (κ3) is 3.89. The zero-order chi connectivity index (χ0) is 22.3. The van der Waals surface area contributed by atoms with Crippen LogP contribution in [-0.2, 0) is 24.3 Å². The molecule has 168 valence electrons. The van der Waals surface area contributed by atoms with Crippen LogP contribution in [0.2, 0.25) is 0 Å². The predicted octanol–water partition coefficient (Wildman–Crippen LogP) is 0.137. The number of benzene rings is 1. The quantitative estimate of drug-likeness (QED) is 0.620. The lowest BCUT2D eigenvalue weighted by Crippen LogP contribution is -2.54. The topological polar surface area (TPSA) is 109 Å². The van der Waals surface area contributed by atoms with Gasteiger partial charge in [0, 0.05) is 25.8 Å². The number of nitrogens with zero attached hydrogens (tertiary/aromatic N) is 4. The summed E-state index contributed by atoms with van der Waals surface area (Å²) in [6.07, 6.45) is 3.85. The van der Waals surface area contributed by atoms with E-state index in [2.05, 4.69) is 4.40 Å². The fraction of sp³-hybridized carbons (Fsp3) is 0.381. The normalized spacial score (nSPS) is 24.0. The number of fused-ring (bicyclic) bond motifs is 2. The molecule has 11 heteroatoms. The van der Waals surface area contributed by atoms with Gasteiger partial charge in [0.25, 0.3) is 21.8 Å². The molecule has 2 amide bonds. The van der Waals surface area contributed by atoms with Crippen LogP contribution in [0.1, 0.15) is 0 Å². The zero-order valence-corrected chi connectivity index (χ0v) is 18.0. The second-order valence-electron chi connectivity index (χ2n) is 7.77. The number of amides is 2. The van der Waals surface area contributed by atoms with Crippen molar-refractivity contribution < 1.29 is 27.5 Å². The first-order chi connectivity index (χ1) is 15.4. The summed E-state index contributed by atoms with van der Waals surface area (Å²) in [4.78, 5) is 31.4. The lowest BCUT2D eigenvalue weighted by atomic mass is 10.1. The Bertz CT molecular complexity index is 1150. The third-order valence-electron chi connectivity index (χ3n) is 5.69. The van der Waals surface area contributed by atoms with E-state index < -0.39 is 16.1 Å². The molecule has 32 heavy (non-hydrogen) atoms. The van der Waals surface area contributed by atoms with E-state index in [0.717, 1.165) is 0 Å². The van der Waals surface area contributed by atoms with Gasteiger partial charge in [0.1, 0.15) is 11.6 Å². The number of morpholine rings is 1. The van der Waals surface area contributed by atoms with Gasteiger partial charge in [-0.2, -0.15) is 0 Å². The Hall–Kier alpha value is -3.18. The lowest BCUT2D eigenvalue weighted by molar-refractivity contribution is -0.142. The molecule has 0 aliphatic carbocycles. The molecule has 0 N–H and O–H groups in total. The van der Waals surface area contributed by atoms with Crippen LogP contribution in [0.5, 0.6) is 5.75 Å². The summed E-state index contributed by atoms with van der Waals surface area (Å²) in [5.74, 6) is 0.161. The van der Waals surface area contributed by atoms with Gasteiger partial charge in [-0.05, 0) is 24.3 Å². The number of amidine groups is 1. The van der Waals surface area contributed by atoms with E-state index in [1.807, 2.05) is 0 Å². The van der Waals surface area contributed by atoms with Crippen molar-refractivity contribution in [3.05, 3.63) is 48.2 Å². The van der Waals surface area contributed by atoms with Gasteiger partial charge in [-0.3, -0.25) is 9.59 Å². The number of hydrogen-bond acceptors (Lipinski definition) is 7. The van der Waals surface area contributed by atoms with Gasteiger partial charge in [-0.1, -0.05) is 12.1 Å². The van der Waals surface area contributed by atoms with Crippen molar-refractivity contribution in [3.8, 4) is 5.75 Å². The van der Waals surface area contributed by atoms with Gasteiger partial charge in [-0.25, -0.2) is 8.42 Å². The molecule has 4 aliphatic heterocycles. The number of rotatable bonds is 2. The SMILES string of the molecule is O=C([C@H]1CN(C(=O)C2=CN3CCS(=O)(=O)N=C3C=C2)c2ccccc2O1)N1CCOCC1. The maximum atomic E-state index is 13.5. The molecule has 1 fully saturated rings. The van der Waals surface area contributed by atoms with Gasteiger partial charge < -0.3 is 24.2 Å². The van der Waals surface area contributed by atoms with Crippen LogP contribution in [0.4, 0.5) is 5.69 Å². The fourth-order valence-electron chi connectivity index (χ4n) is 4.03. The molecule has 10 nitrogen and oxygen atoms in total. The molecule has 0 aromatic heterocycles. The highest BCUT2D eigenvalue weighted by Gasteiger charge is 2.37. The van der Waals surface area contributed by atoms with E-state index in [4.69, 9.17) is 9.47 Å². The molecule has 0 spiro atoms. The van der Waals surface area contributed by atoms with Crippen molar-refractivity contribution in [2.75, 3.05) is 50.0 Å². The first kappa shape index (κ1) is 20.7. The number of para-hydroxylation sites is 2. The van der Waals surface area contributed by atoms with Crippen molar-refractivity contribution >= 4 is 33.4 Å². The summed E-state index contributed by atoms with van der Waals surface area (Å²) in [7, 11) is -3.48. The van der Waals surface area contributed by atoms with Crippen LogP contribution in [0.3, 0.4) is 0 Å². The average Bonchev–Trinajstić information content (AvgIpc) is 2.82. The van der Waals surface area contributed by atoms with Crippen LogP contribution in [0.25, 0.3) is 0 Å². The van der Waals surface area contributed by atoms with Crippen LogP contribution < -0.4 is 9.64 Å². The highest BCUT2D eigenvalue weighted by molar-refractivity contribution is 7.90. The van der Waals surface area contributed by atoms with E-state index >= 15 is 0 Å². The second-order valence-corrected chi connectivity index (χ2v) is 9.53. The first-order valence-corrected chi connectivity index (χ1v) is 12.0. The largest absolute Gasteiger partial charge is 0.476 e. The minimum absolute atomic E-state index is 0.0759. The summed E-state index contributed by atoms with van der Waals surface area (Å²) in [5.41, 5.74) is 0.955. The van der Waals surface area contributed by atoms with Crippen LogP contribution >= 0.6 is 0 Å². The molecule has 0 saturated carbocycles. The van der Waals surface area contributed by atoms with Gasteiger partial charge >= 0.3 is 0 Å². The molecular formula is C21H22N4O6S. The molecular weight excluding hydrogens is 436 g/mol. The van der Waals surface area contributed by atoms with E-state index in [1.165, 1.54) is 6.08 Å². The molecule has 1 saturated heterocycles. The zero-order valence-electron chi connectivity index (χ0n) is 17.2. The van der Waals surface area contributed by atoms with E-state index in [9.17, 15) is 18.0 Å². The van der Waals surface area contributed by atoms with Crippen LogP contribution in [-0.4, -0.2) is 87.1 Å². The molecule has 0 unspecified atom stereocenters. The number of carbonyl (C=O) groups excluding carboxylic acids is 2. The van der Waals surface area contributed by atoms with Gasteiger partial charge in [0.15, 0.2) is 6.10 Å². The summed E-state index contributed by atoms with van der Waals surface area (Å²) >= 11 is 0. The molecule has 1 aromatic rings. The predicted molar refractivity (Wildman–Crippen MR) is 116 cm³/mol. The fourth-order valence-corrected chi connectivity index (χ4v) is 5.00. The minimum Gasteiger partial charge on any atom is -0.476 e. The summed E-state index contributed by atoms with van der Waals surface area (Å²) in [6, 6.07) is 7.10. The Morgan fingerprint density at radius 2 is 1.84 bits per heavy atom. The van der Waals surface area contributed by atoms with Crippen LogP contribution in [0.15, 0.2) is 52.6 Å².